The molecule has 2 aliphatic rings. The average Bonchev–Trinajstić information content (AvgIpc) is 3.49. The molecule has 7 heteroatoms. The molecule has 0 bridgehead atoms. The number of benzene rings is 2. The summed E-state index contributed by atoms with van der Waals surface area (Å²) in [5.41, 5.74) is 0. The van der Waals surface area contributed by atoms with Crippen molar-refractivity contribution in [3.05, 3.63) is 97.1 Å². The Balaban J connectivity index is 1.74. The summed E-state index contributed by atoms with van der Waals surface area (Å²) in [6.45, 7) is 0. The van der Waals surface area contributed by atoms with Crippen LogP contribution in [-0.2, 0) is 21.1 Å². The van der Waals surface area contributed by atoms with E-state index in [9.17, 15) is 0 Å². The molecule has 0 saturated heterocycles. The summed E-state index contributed by atoms with van der Waals surface area (Å²) in [5.74, 6) is 1.62. The quantitative estimate of drug-likeness (QED) is 0.334. The number of allylic oxidation sites excluding steroid dienone is 8. The van der Waals surface area contributed by atoms with E-state index in [1.165, 1.54) is 22.0 Å². The molecule has 29 heavy (non-hydrogen) atoms. The van der Waals surface area contributed by atoms with Crippen molar-refractivity contribution in [1.29, 1.82) is 0 Å². The maximum atomic E-state index is 6.83. The average molecular weight is 541 g/mol. The van der Waals surface area contributed by atoms with Crippen LogP contribution in [0.2, 0.25) is 7.25 Å². The van der Waals surface area contributed by atoms with Crippen LogP contribution < -0.4 is 5.63 Å². The molecule has 0 N–H and O–H groups in total. The molecule has 4 rings (SSSR count). The van der Waals surface area contributed by atoms with Crippen LogP contribution in [0.1, 0.15) is 0 Å². The van der Waals surface area contributed by atoms with Crippen molar-refractivity contribution in [2.24, 2.45) is 0 Å². The summed E-state index contributed by atoms with van der Waals surface area (Å²) in [6, 6.07) is 15.8. The zero-order valence-corrected chi connectivity index (χ0v) is 20.9. The van der Waals surface area contributed by atoms with E-state index in [-0.39, 0.29) is 7.25 Å². The van der Waals surface area contributed by atoms with E-state index in [4.69, 9.17) is 27.0 Å². The van der Waals surface area contributed by atoms with E-state index in [2.05, 4.69) is 48.6 Å². The van der Waals surface area contributed by atoms with Crippen molar-refractivity contribution in [2.45, 2.75) is 17.0 Å². The van der Waals surface area contributed by atoms with Crippen LogP contribution in [0.25, 0.3) is 0 Å². The van der Waals surface area contributed by atoms with E-state index >= 15 is 0 Å². The third kappa shape index (κ3) is 4.91. The van der Waals surface area contributed by atoms with E-state index in [0.29, 0.717) is 0 Å². The van der Waals surface area contributed by atoms with Gasteiger partial charge in [-0.3, -0.25) is 0 Å². The molecule has 0 aromatic heterocycles. The number of halogens is 2. The summed E-state index contributed by atoms with van der Waals surface area (Å²) in [6.07, 6.45) is 17.1. The Labute approximate surface area is 194 Å². The van der Waals surface area contributed by atoms with Gasteiger partial charge in [-0.25, -0.2) is 0 Å². The van der Waals surface area contributed by atoms with Crippen LogP contribution in [0.4, 0.5) is 0 Å². The topological polar surface area (TPSA) is 18.5 Å². The molecular formula is C22H18Cl2O2S2Zr. The minimum atomic E-state index is -3.88. The summed E-state index contributed by atoms with van der Waals surface area (Å²) in [4.78, 5) is 1.97. The first-order chi connectivity index (χ1) is 14.2. The Hall–Kier alpha value is -0.837. The van der Waals surface area contributed by atoms with Crippen molar-refractivity contribution in [2.75, 3.05) is 0 Å². The van der Waals surface area contributed by atoms with Crippen LogP contribution in [-0.4, -0.2) is 0 Å². The summed E-state index contributed by atoms with van der Waals surface area (Å²) in [5, 5.41) is 0. The van der Waals surface area contributed by atoms with Gasteiger partial charge in [0.2, 0.25) is 0 Å². The predicted molar refractivity (Wildman–Crippen MR) is 122 cm³/mol. The fourth-order valence-corrected chi connectivity index (χ4v) is 13.2. The van der Waals surface area contributed by atoms with Crippen LogP contribution >= 0.6 is 43.3 Å². The van der Waals surface area contributed by atoms with Gasteiger partial charge in [-0.1, -0.05) is 0 Å². The molecule has 0 unspecified atom stereocenters. The standard InChI is InChI=1S/2C6H5ClOS.2C5H5.Zr/c2*7-9-6-3-1-5(8)2-4-6;2*1-2-4-5-3-1;/h2*1-4,8H;2*1-5H;/q;;;;+2/p-2. The fraction of sp³-hybridized carbons (Fsp3) is 0.0909. The molecule has 0 radical (unpaired) electrons. The Kier molecular flexibility index (Phi) is 7.36. The van der Waals surface area contributed by atoms with Gasteiger partial charge in [-0.05, 0) is 0 Å². The Morgan fingerprint density at radius 1 is 0.586 bits per heavy atom. The first kappa shape index (κ1) is 21.4. The van der Waals surface area contributed by atoms with E-state index < -0.39 is 21.1 Å². The van der Waals surface area contributed by atoms with E-state index in [1.807, 2.05) is 48.5 Å². The monoisotopic (exact) mass is 538 g/mol. The van der Waals surface area contributed by atoms with Crippen LogP contribution in [0.15, 0.2) is 107 Å². The van der Waals surface area contributed by atoms with Gasteiger partial charge in [0, 0.05) is 0 Å². The molecule has 148 valence electrons. The second kappa shape index (κ2) is 9.98. The van der Waals surface area contributed by atoms with Gasteiger partial charge in [-0.15, -0.1) is 0 Å². The molecule has 0 aliphatic heterocycles. The van der Waals surface area contributed by atoms with Crippen LogP contribution in [0.5, 0.6) is 11.5 Å². The Bertz CT molecular complexity index is 852. The Morgan fingerprint density at radius 2 is 0.931 bits per heavy atom. The molecule has 0 heterocycles. The molecule has 2 nitrogen and oxygen atoms in total. The zero-order valence-electron chi connectivity index (χ0n) is 15.3. The van der Waals surface area contributed by atoms with Crippen molar-refractivity contribution in [3.63, 3.8) is 0 Å². The van der Waals surface area contributed by atoms with Crippen molar-refractivity contribution < 1.29 is 26.8 Å². The summed E-state index contributed by atoms with van der Waals surface area (Å²) >= 11 is -3.88. The third-order valence-electron chi connectivity index (χ3n) is 4.81. The normalized spacial score (nSPS) is 16.1. The molecule has 2 aliphatic carbocycles. The maximum absolute atomic E-state index is 6.83. The molecule has 2 aromatic carbocycles. The van der Waals surface area contributed by atoms with Gasteiger partial charge in [-0.2, -0.15) is 0 Å². The first-order valence-electron chi connectivity index (χ1n) is 9.09. The van der Waals surface area contributed by atoms with E-state index in [0.717, 1.165) is 21.3 Å². The molecule has 0 spiro atoms. The predicted octanol–water partition coefficient (Wildman–Crippen LogP) is 8.45. The molecule has 0 atom stereocenters. The van der Waals surface area contributed by atoms with Crippen molar-refractivity contribution in [3.8, 4) is 11.5 Å². The first-order valence-corrected chi connectivity index (χ1v) is 17.2. The van der Waals surface area contributed by atoms with Crippen molar-refractivity contribution >= 4 is 43.3 Å². The SMILES string of the molecule is ClSc1ccc([O][Zr]([O]c2ccc(SCl)cc2)([CH]2C=CC=C2)[CH]2C=CC=C2)cc1. The van der Waals surface area contributed by atoms with Gasteiger partial charge >= 0.3 is 196 Å². The minimum absolute atomic E-state index is 0.144. The van der Waals surface area contributed by atoms with Crippen LogP contribution in [0, 0.1) is 0 Å². The number of hydrogen-bond donors (Lipinski definition) is 0. The summed E-state index contributed by atoms with van der Waals surface area (Å²) in [7, 11) is 14.1. The number of hydrogen-bond acceptors (Lipinski definition) is 4. The van der Waals surface area contributed by atoms with Gasteiger partial charge in [0.05, 0.1) is 0 Å². The van der Waals surface area contributed by atoms with Gasteiger partial charge < -0.3 is 0 Å². The molecule has 0 fully saturated rings. The third-order valence-corrected chi connectivity index (χ3v) is 16.0. The van der Waals surface area contributed by atoms with Crippen LogP contribution in [0.3, 0.4) is 0 Å². The fourth-order valence-electron chi connectivity index (χ4n) is 3.40. The molecule has 0 saturated carbocycles. The second-order valence-corrected chi connectivity index (χ2v) is 16.6. The second-order valence-electron chi connectivity index (χ2n) is 6.61. The molecule has 0 amide bonds. The molecule has 2 aromatic rings. The van der Waals surface area contributed by atoms with Crippen molar-refractivity contribution in [1.82, 2.24) is 0 Å². The van der Waals surface area contributed by atoms with Gasteiger partial charge in [0.25, 0.3) is 0 Å². The molecular weight excluding hydrogens is 523 g/mol. The van der Waals surface area contributed by atoms with E-state index in [1.54, 1.807) is 0 Å². The van der Waals surface area contributed by atoms with Gasteiger partial charge in [0.1, 0.15) is 0 Å². The van der Waals surface area contributed by atoms with Gasteiger partial charge in [0.15, 0.2) is 0 Å². The number of rotatable bonds is 8. The zero-order chi connectivity index (χ0) is 20.1. The summed E-state index contributed by atoms with van der Waals surface area (Å²) < 4.78 is 13.9. The Morgan fingerprint density at radius 3 is 1.24 bits per heavy atom.